The molecule has 37 heavy (non-hydrogen) atoms. The van der Waals surface area contributed by atoms with E-state index >= 15 is 0 Å². The lowest BCUT2D eigenvalue weighted by Gasteiger charge is -2.22. The normalized spacial score (nSPS) is 11.3. The number of hydrogen-bond acceptors (Lipinski definition) is 5. The number of rotatable bonds is 9. The van der Waals surface area contributed by atoms with Gasteiger partial charge < -0.3 is 10.2 Å². The van der Waals surface area contributed by atoms with Gasteiger partial charge in [0.2, 0.25) is 5.91 Å². The van der Waals surface area contributed by atoms with E-state index in [1.807, 2.05) is 39.0 Å². The van der Waals surface area contributed by atoms with Gasteiger partial charge in [-0.25, -0.2) is 4.68 Å². The first-order valence-corrected chi connectivity index (χ1v) is 12.4. The SMILES string of the molecule is CCCCN(CC(=O)Nc1cc(C(C)(C)C)nn1-c1ccc(C)cc1C)C(=O)c1ccc([N+](=O)[O-])cc1. The Morgan fingerprint density at radius 2 is 1.76 bits per heavy atom. The molecule has 9 nitrogen and oxygen atoms in total. The van der Waals surface area contributed by atoms with Crippen LogP contribution in [-0.4, -0.2) is 44.5 Å². The van der Waals surface area contributed by atoms with Crippen molar-refractivity contribution in [3.05, 3.63) is 81.0 Å². The summed E-state index contributed by atoms with van der Waals surface area (Å²) in [7, 11) is 0. The van der Waals surface area contributed by atoms with E-state index in [-0.39, 0.29) is 29.5 Å². The third-order valence-corrected chi connectivity index (χ3v) is 6.05. The van der Waals surface area contributed by atoms with Crippen molar-refractivity contribution in [2.24, 2.45) is 0 Å². The van der Waals surface area contributed by atoms with E-state index in [1.54, 1.807) is 4.68 Å². The summed E-state index contributed by atoms with van der Waals surface area (Å²) in [5.74, 6) is -0.172. The van der Waals surface area contributed by atoms with Crippen LogP contribution in [0.25, 0.3) is 5.69 Å². The molecule has 0 bridgehead atoms. The van der Waals surface area contributed by atoms with Crippen molar-refractivity contribution in [1.82, 2.24) is 14.7 Å². The highest BCUT2D eigenvalue weighted by Crippen LogP contribution is 2.28. The number of aryl methyl sites for hydroxylation is 2. The second-order valence-corrected chi connectivity index (χ2v) is 10.3. The molecule has 3 aromatic rings. The molecule has 1 heterocycles. The Morgan fingerprint density at radius 3 is 2.32 bits per heavy atom. The lowest BCUT2D eigenvalue weighted by molar-refractivity contribution is -0.384. The van der Waals surface area contributed by atoms with Crippen LogP contribution in [0.1, 0.15) is 67.7 Å². The summed E-state index contributed by atoms with van der Waals surface area (Å²) < 4.78 is 1.74. The van der Waals surface area contributed by atoms with E-state index in [1.165, 1.54) is 29.2 Å². The zero-order chi connectivity index (χ0) is 27.3. The number of nitro groups is 1. The zero-order valence-corrected chi connectivity index (χ0v) is 22.4. The van der Waals surface area contributed by atoms with Gasteiger partial charge in [0, 0.05) is 35.7 Å². The van der Waals surface area contributed by atoms with Gasteiger partial charge in [-0.05, 0) is 44.0 Å². The van der Waals surface area contributed by atoms with E-state index in [0.29, 0.717) is 17.9 Å². The average Bonchev–Trinajstić information content (AvgIpc) is 3.25. The molecule has 1 N–H and O–H groups in total. The standard InChI is InChI=1S/C28H35N5O4/c1-7-8-15-31(27(35)21-10-12-22(13-11-21)33(36)37)18-26(34)29-25-17-24(28(4,5)6)30-32(25)23-14-9-19(2)16-20(23)3/h9-14,16-17H,7-8,15,18H2,1-6H3,(H,29,34). The molecule has 0 aliphatic rings. The molecular weight excluding hydrogens is 470 g/mol. The topological polar surface area (TPSA) is 110 Å². The number of carbonyl (C=O) groups excluding carboxylic acids is 2. The number of benzene rings is 2. The molecule has 1 aromatic heterocycles. The van der Waals surface area contributed by atoms with E-state index in [0.717, 1.165) is 35.3 Å². The highest BCUT2D eigenvalue weighted by Gasteiger charge is 2.24. The second kappa shape index (κ2) is 11.4. The predicted octanol–water partition coefficient (Wildman–Crippen LogP) is 5.58. The summed E-state index contributed by atoms with van der Waals surface area (Å²) in [6.07, 6.45) is 1.57. The molecule has 0 atom stereocenters. The summed E-state index contributed by atoms with van der Waals surface area (Å²) in [5.41, 5.74) is 3.81. The predicted molar refractivity (Wildman–Crippen MR) is 144 cm³/mol. The first-order valence-electron chi connectivity index (χ1n) is 12.4. The van der Waals surface area contributed by atoms with E-state index < -0.39 is 4.92 Å². The minimum atomic E-state index is -0.513. The number of carbonyl (C=O) groups is 2. The quantitative estimate of drug-likeness (QED) is 0.302. The fourth-order valence-corrected chi connectivity index (χ4v) is 3.93. The van der Waals surface area contributed by atoms with Crippen LogP contribution in [0.15, 0.2) is 48.5 Å². The van der Waals surface area contributed by atoms with Crippen LogP contribution in [-0.2, 0) is 10.2 Å². The Hall–Kier alpha value is -4.01. The molecule has 0 saturated heterocycles. The molecule has 0 spiro atoms. The molecule has 2 amide bonds. The smallest absolute Gasteiger partial charge is 0.269 e. The molecule has 0 saturated carbocycles. The fraction of sp³-hybridized carbons (Fsp3) is 0.393. The van der Waals surface area contributed by atoms with Crippen LogP contribution in [0.4, 0.5) is 11.5 Å². The Balaban J connectivity index is 1.87. The first-order chi connectivity index (χ1) is 17.4. The Labute approximate surface area is 217 Å². The first kappa shape index (κ1) is 27.6. The van der Waals surface area contributed by atoms with Crippen molar-refractivity contribution < 1.29 is 14.5 Å². The fourth-order valence-electron chi connectivity index (χ4n) is 3.93. The summed E-state index contributed by atoms with van der Waals surface area (Å²) in [5, 5.41) is 18.7. The largest absolute Gasteiger partial charge is 0.329 e. The van der Waals surface area contributed by atoms with E-state index in [4.69, 9.17) is 5.10 Å². The van der Waals surface area contributed by atoms with Gasteiger partial charge >= 0.3 is 0 Å². The zero-order valence-electron chi connectivity index (χ0n) is 22.4. The molecule has 3 rings (SSSR count). The number of aromatic nitrogens is 2. The van der Waals surface area contributed by atoms with Gasteiger partial charge in [0.15, 0.2) is 0 Å². The molecule has 0 radical (unpaired) electrons. The molecule has 9 heteroatoms. The Morgan fingerprint density at radius 1 is 1.08 bits per heavy atom. The van der Waals surface area contributed by atoms with Gasteiger partial charge in [0.1, 0.15) is 12.4 Å². The maximum atomic E-state index is 13.2. The lowest BCUT2D eigenvalue weighted by Crippen LogP contribution is -2.39. The number of nitro benzene ring substituents is 1. The number of amides is 2. The van der Waals surface area contributed by atoms with Gasteiger partial charge in [-0.1, -0.05) is 51.8 Å². The van der Waals surface area contributed by atoms with E-state index in [9.17, 15) is 19.7 Å². The Bertz CT molecular complexity index is 1290. The number of anilines is 1. The van der Waals surface area contributed by atoms with Crippen LogP contribution < -0.4 is 5.32 Å². The molecule has 0 aliphatic carbocycles. The van der Waals surface area contributed by atoms with Crippen molar-refractivity contribution in [1.29, 1.82) is 0 Å². The maximum absolute atomic E-state index is 13.2. The number of nitrogens with zero attached hydrogens (tertiary/aromatic N) is 4. The molecule has 0 fully saturated rings. The second-order valence-electron chi connectivity index (χ2n) is 10.3. The number of unbranched alkanes of at least 4 members (excludes halogenated alkanes) is 1. The minimum absolute atomic E-state index is 0.0938. The van der Waals surface area contributed by atoms with Crippen molar-refractivity contribution in [3.8, 4) is 5.69 Å². The summed E-state index contributed by atoms with van der Waals surface area (Å²) in [6.45, 7) is 12.4. The van der Waals surface area contributed by atoms with Crippen LogP contribution >= 0.6 is 0 Å². The van der Waals surface area contributed by atoms with Crippen LogP contribution in [0.3, 0.4) is 0 Å². The van der Waals surface area contributed by atoms with Crippen LogP contribution in [0.5, 0.6) is 0 Å². The van der Waals surface area contributed by atoms with Crippen molar-refractivity contribution in [2.45, 2.75) is 59.8 Å². The number of non-ortho nitro benzene ring substituents is 1. The summed E-state index contributed by atoms with van der Waals surface area (Å²) in [4.78, 5) is 38.3. The maximum Gasteiger partial charge on any atom is 0.269 e. The number of nitrogens with one attached hydrogen (secondary N) is 1. The van der Waals surface area contributed by atoms with Crippen molar-refractivity contribution >= 4 is 23.3 Å². The number of hydrogen-bond donors (Lipinski definition) is 1. The van der Waals surface area contributed by atoms with Crippen LogP contribution in [0, 0.1) is 24.0 Å². The minimum Gasteiger partial charge on any atom is -0.329 e. The molecule has 0 aliphatic heterocycles. The average molecular weight is 506 g/mol. The van der Waals surface area contributed by atoms with Gasteiger partial charge in [-0.2, -0.15) is 5.10 Å². The third kappa shape index (κ3) is 6.81. The highest BCUT2D eigenvalue weighted by atomic mass is 16.6. The summed E-state index contributed by atoms with van der Waals surface area (Å²) in [6, 6.07) is 13.3. The molecule has 2 aromatic carbocycles. The Kier molecular flexibility index (Phi) is 8.47. The third-order valence-electron chi connectivity index (χ3n) is 6.05. The molecule has 0 unspecified atom stereocenters. The van der Waals surface area contributed by atoms with Crippen molar-refractivity contribution in [2.75, 3.05) is 18.4 Å². The highest BCUT2D eigenvalue weighted by molar-refractivity contribution is 5.99. The van der Waals surface area contributed by atoms with E-state index in [2.05, 4.69) is 32.2 Å². The van der Waals surface area contributed by atoms with Crippen LogP contribution in [0.2, 0.25) is 0 Å². The lowest BCUT2D eigenvalue weighted by atomic mass is 9.92. The monoisotopic (exact) mass is 505 g/mol. The summed E-state index contributed by atoms with van der Waals surface area (Å²) >= 11 is 0. The van der Waals surface area contributed by atoms with Gasteiger partial charge in [0.05, 0.1) is 16.3 Å². The van der Waals surface area contributed by atoms with Gasteiger partial charge in [0.25, 0.3) is 11.6 Å². The molecular formula is C28H35N5O4. The molecule has 196 valence electrons. The van der Waals surface area contributed by atoms with Gasteiger partial charge in [-0.15, -0.1) is 0 Å². The van der Waals surface area contributed by atoms with Crippen molar-refractivity contribution in [3.63, 3.8) is 0 Å². The van der Waals surface area contributed by atoms with Gasteiger partial charge in [-0.3, -0.25) is 19.7 Å².